The first-order chi connectivity index (χ1) is 9.58. The molecule has 6 heteroatoms. The number of amides is 1. The molecule has 20 heavy (non-hydrogen) atoms. The van der Waals surface area contributed by atoms with Crippen molar-refractivity contribution < 1.29 is 14.7 Å². The third-order valence-electron chi connectivity index (χ3n) is 3.62. The molecule has 0 radical (unpaired) electrons. The van der Waals surface area contributed by atoms with Crippen molar-refractivity contribution in [3.05, 3.63) is 30.0 Å². The zero-order chi connectivity index (χ0) is 14.3. The molecule has 1 fully saturated rings. The number of hydrogen-bond donors (Lipinski definition) is 2. The van der Waals surface area contributed by atoms with Gasteiger partial charge in [0.25, 0.3) is 5.91 Å². The number of benzene rings is 1. The Bertz CT molecular complexity index is 688. The molecule has 1 atom stereocenters. The minimum atomic E-state index is -0.985. The molecule has 0 bridgehead atoms. The Morgan fingerprint density at radius 3 is 2.75 bits per heavy atom. The Balaban J connectivity index is 1.90. The molecule has 1 unspecified atom stereocenters. The molecule has 2 aromatic rings. The highest BCUT2D eigenvalue weighted by atomic mass is 16.4. The van der Waals surface area contributed by atoms with Gasteiger partial charge in [-0.2, -0.15) is 5.10 Å². The smallest absolute Gasteiger partial charge is 0.326 e. The van der Waals surface area contributed by atoms with E-state index in [1.165, 1.54) is 0 Å². The quantitative estimate of drug-likeness (QED) is 0.875. The number of aryl methyl sites for hydroxylation is 1. The first-order valence-corrected chi connectivity index (χ1v) is 6.53. The number of carbonyl (C=O) groups excluding carboxylic acids is 1. The summed E-state index contributed by atoms with van der Waals surface area (Å²) in [5, 5.41) is 16.7. The number of para-hydroxylation sites is 1. The van der Waals surface area contributed by atoms with Gasteiger partial charge in [0, 0.05) is 12.4 Å². The van der Waals surface area contributed by atoms with Crippen LogP contribution in [0.25, 0.3) is 10.9 Å². The van der Waals surface area contributed by atoms with Gasteiger partial charge in [-0.05, 0) is 24.8 Å². The molecule has 0 spiro atoms. The van der Waals surface area contributed by atoms with Gasteiger partial charge < -0.3 is 10.4 Å². The largest absolute Gasteiger partial charge is 0.480 e. The molecule has 3 rings (SSSR count). The predicted molar refractivity (Wildman–Crippen MR) is 72.3 cm³/mol. The van der Waals surface area contributed by atoms with E-state index in [4.69, 9.17) is 5.11 Å². The number of carbonyl (C=O) groups is 2. The van der Waals surface area contributed by atoms with Crippen molar-refractivity contribution in [1.82, 2.24) is 15.1 Å². The molecule has 1 amide bonds. The van der Waals surface area contributed by atoms with Crippen molar-refractivity contribution in [1.29, 1.82) is 0 Å². The lowest BCUT2D eigenvalue weighted by atomic mass is 10.1. The molecule has 1 aromatic carbocycles. The third kappa shape index (κ3) is 2.13. The Kier molecular flexibility index (Phi) is 2.93. The summed E-state index contributed by atoms with van der Waals surface area (Å²) >= 11 is 0. The van der Waals surface area contributed by atoms with Crippen LogP contribution in [-0.4, -0.2) is 32.8 Å². The van der Waals surface area contributed by atoms with Crippen molar-refractivity contribution in [2.24, 2.45) is 13.0 Å². The van der Waals surface area contributed by atoms with Gasteiger partial charge in [-0.15, -0.1) is 0 Å². The number of aromatic nitrogens is 2. The van der Waals surface area contributed by atoms with Gasteiger partial charge in [0.15, 0.2) is 5.69 Å². The van der Waals surface area contributed by atoms with Gasteiger partial charge in [-0.1, -0.05) is 18.2 Å². The van der Waals surface area contributed by atoms with Gasteiger partial charge in [0.2, 0.25) is 0 Å². The molecule has 6 nitrogen and oxygen atoms in total. The standard InChI is InChI=1S/C14H15N3O3/c1-17-10-5-3-2-4-9(10)12(16-17)13(18)15-11(14(19)20)8-6-7-8/h2-5,8,11H,6-7H2,1H3,(H,15,18)(H,19,20). The maximum Gasteiger partial charge on any atom is 0.326 e. The highest BCUT2D eigenvalue weighted by Gasteiger charge is 2.37. The van der Waals surface area contributed by atoms with E-state index in [-0.39, 0.29) is 11.6 Å². The lowest BCUT2D eigenvalue weighted by Gasteiger charge is -2.12. The van der Waals surface area contributed by atoms with E-state index in [1.54, 1.807) is 11.7 Å². The number of nitrogens with zero attached hydrogens (tertiary/aromatic N) is 2. The molecule has 0 saturated heterocycles. The molecule has 1 aliphatic rings. The average Bonchev–Trinajstić information content (AvgIpc) is 3.20. The Morgan fingerprint density at radius 2 is 2.10 bits per heavy atom. The molecule has 1 heterocycles. The van der Waals surface area contributed by atoms with E-state index in [0.717, 1.165) is 23.7 Å². The second kappa shape index (κ2) is 4.63. The van der Waals surface area contributed by atoms with Crippen LogP contribution in [0, 0.1) is 5.92 Å². The van der Waals surface area contributed by atoms with Crippen LogP contribution in [-0.2, 0) is 11.8 Å². The highest BCUT2D eigenvalue weighted by Crippen LogP contribution is 2.33. The van der Waals surface area contributed by atoms with Crippen molar-refractivity contribution >= 4 is 22.8 Å². The van der Waals surface area contributed by atoms with Crippen LogP contribution in [0.1, 0.15) is 23.3 Å². The topological polar surface area (TPSA) is 84.2 Å². The summed E-state index contributed by atoms with van der Waals surface area (Å²) in [6.45, 7) is 0. The van der Waals surface area contributed by atoms with Crippen LogP contribution in [0.5, 0.6) is 0 Å². The maximum atomic E-state index is 12.3. The van der Waals surface area contributed by atoms with Crippen LogP contribution >= 0.6 is 0 Å². The number of fused-ring (bicyclic) bond motifs is 1. The third-order valence-corrected chi connectivity index (χ3v) is 3.62. The Morgan fingerprint density at radius 1 is 1.40 bits per heavy atom. The molecule has 2 N–H and O–H groups in total. The summed E-state index contributed by atoms with van der Waals surface area (Å²) in [7, 11) is 1.76. The van der Waals surface area contributed by atoms with E-state index >= 15 is 0 Å². The van der Waals surface area contributed by atoms with E-state index < -0.39 is 17.9 Å². The van der Waals surface area contributed by atoms with Crippen LogP contribution in [0.2, 0.25) is 0 Å². The van der Waals surface area contributed by atoms with E-state index in [9.17, 15) is 9.59 Å². The number of aliphatic carboxylic acids is 1. The Labute approximate surface area is 115 Å². The van der Waals surface area contributed by atoms with Crippen LogP contribution in [0.3, 0.4) is 0 Å². The lowest BCUT2D eigenvalue weighted by Crippen LogP contribution is -2.42. The zero-order valence-electron chi connectivity index (χ0n) is 11.0. The van der Waals surface area contributed by atoms with Crippen molar-refractivity contribution in [3.8, 4) is 0 Å². The summed E-state index contributed by atoms with van der Waals surface area (Å²) in [6.07, 6.45) is 1.69. The first-order valence-electron chi connectivity index (χ1n) is 6.53. The molecule has 1 saturated carbocycles. The van der Waals surface area contributed by atoms with E-state index in [0.29, 0.717) is 0 Å². The first kappa shape index (κ1) is 12.7. The fourth-order valence-electron chi connectivity index (χ4n) is 2.40. The number of carboxylic acids is 1. The Hall–Kier alpha value is -2.37. The van der Waals surface area contributed by atoms with Gasteiger partial charge in [0.1, 0.15) is 6.04 Å². The number of hydrogen-bond acceptors (Lipinski definition) is 3. The lowest BCUT2D eigenvalue weighted by molar-refractivity contribution is -0.139. The summed E-state index contributed by atoms with van der Waals surface area (Å²) in [4.78, 5) is 23.4. The summed E-state index contributed by atoms with van der Waals surface area (Å²) in [5.41, 5.74) is 1.12. The van der Waals surface area contributed by atoms with E-state index in [1.807, 2.05) is 24.3 Å². The van der Waals surface area contributed by atoms with Gasteiger partial charge >= 0.3 is 5.97 Å². The summed E-state index contributed by atoms with van der Waals surface area (Å²) in [6, 6.07) is 6.56. The molecule has 0 aliphatic heterocycles. The van der Waals surface area contributed by atoms with Crippen molar-refractivity contribution in [2.45, 2.75) is 18.9 Å². The highest BCUT2D eigenvalue weighted by molar-refractivity contribution is 6.05. The maximum absolute atomic E-state index is 12.3. The zero-order valence-corrected chi connectivity index (χ0v) is 11.0. The average molecular weight is 273 g/mol. The van der Waals surface area contributed by atoms with Crippen LogP contribution in [0.4, 0.5) is 0 Å². The van der Waals surface area contributed by atoms with Gasteiger partial charge in [-0.25, -0.2) is 4.79 Å². The predicted octanol–water partition coefficient (Wildman–Crippen LogP) is 1.17. The molecular weight excluding hydrogens is 258 g/mol. The van der Waals surface area contributed by atoms with Crippen molar-refractivity contribution in [3.63, 3.8) is 0 Å². The van der Waals surface area contributed by atoms with E-state index in [2.05, 4.69) is 10.4 Å². The fraction of sp³-hybridized carbons (Fsp3) is 0.357. The minimum Gasteiger partial charge on any atom is -0.480 e. The number of rotatable bonds is 4. The van der Waals surface area contributed by atoms with Gasteiger partial charge in [-0.3, -0.25) is 9.48 Å². The number of carboxylic acid groups (broad SMARTS) is 1. The monoisotopic (exact) mass is 273 g/mol. The second-order valence-corrected chi connectivity index (χ2v) is 5.12. The fourth-order valence-corrected chi connectivity index (χ4v) is 2.40. The second-order valence-electron chi connectivity index (χ2n) is 5.12. The minimum absolute atomic E-state index is 0.0476. The van der Waals surface area contributed by atoms with Crippen LogP contribution in [0.15, 0.2) is 24.3 Å². The molecule has 104 valence electrons. The van der Waals surface area contributed by atoms with Crippen molar-refractivity contribution in [2.75, 3.05) is 0 Å². The summed E-state index contributed by atoms with van der Waals surface area (Å²) < 4.78 is 1.62. The number of nitrogens with one attached hydrogen (secondary N) is 1. The van der Waals surface area contributed by atoms with Crippen LogP contribution < -0.4 is 5.32 Å². The molecule has 1 aliphatic carbocycles. The SMILES string of the molecule is Cn1nc(C(=O)NC(C(=O)O)C2CC2)c2ccccc21. The normalized spacial score (nSPS) is 16.1. The molecular formula is C14H15N3O3. The molecule has 1 aromatic heterocycles. The van der Waals surface area contributed by atoms with Gasteiger partial charge in [0.05, 0.1) is 5.52 Å². The summed E-state index contributed by atoms with van der Waals surface area (Å²) in [5.74, 6) is -1.37.